The first-order valence-electron chi connectivity index (χ1n) is 13.4. The van der Waals surface area contributed by atoms with Crippen LogP contribution in [0.1, 0.15) is 41.3 Å². The molecule has 5 aromatic carbocycles. The van der Waals surface area contributed by atoms with Gasteiger partial charge in [0.05, 0.1) is 28.3 Å². The molecule has 0 atom stereocenters. The highest BCUT2D eigenvalue weighted by atomic mass is 16.5. The highest BCUT2D eigenvalue weighted by Gasteiger charge is 2.09. The van der Waals surface area contributed by atoms with Crippen molar-refractivity contribution in [3.63, 3.8) is 0 Å². The van der Waals surface area contributed by atoms with Gasteiger partial charge in [0.2, 0.25) is 0 Å². The lowest BCUT2D eigenvalue weighted by molar-refractivity contribution is 0.0735. The summed E-state index contributed by atoms with van der Waals surface area (Å²) in [6.07, 6.45) is 3.45. The normalized spacial score (nSPS) is 11.4. The van der Waals surface area contributed by atoms with Crippen LogP contribution in [0, 0.1) is 6.92 Å². The van der Waals surface area contributed by atoms with Crippen LogP contribution in [0.25, 0.3) is 10.8 Å². The average Bonchev–Trinajstić information content (AvgIpc) is 2.99. The van der Waals surface area contributed by atoms with Crippen molar-refractivity contribution in [2.75, 3.05) is 0 Å². The van der Waals surface area contributed by atoms with E-state index in [0.29, 0.717) is 17.0 Å². The third kappa shape index (κ3) is 6.72. The van der Waals surface area contributed by atoms with Crippen LogP contribution < -0.4 is 4.74 Å². The number of hydrogen-bond acceptors (Lipinski definition) is 6. The van der Waals surface area contributed by atoms with E-state index in [-0.39, 0.29) is 0 Å². The Morgan fingerprint density at radius 3 is 1.75 bits per heavy atom. The molecule has 0 saturated heterocycles. The highest BCUT2D eigenvalue weighted by Crippen LogP contribution is 2.35. The molecule has 5 rings (SSSR count). The zero-order valence-electron chi connectivity index (χ0n) is 22.6. The number of esters is 1. The molecule has 0 aromatic heterocycles. The number of ether oxygens (including phenoxy) is 1. The Bertz CT molecular complexity index is 1660. The van der Waals surface area contributed by atoms with E-state index < -0.39 is 5.97 Å². The molecule has 5 aromatic rings. The van der Waals surface area contributed by atoms with Crippen LogP contribution in [-0.4, -0.2) is 5.97 Å². The summed E-state index contributed by atoms with van der Waals surface area (Å²) < 4.78 is 5.47. The van der Waals surface area contributed by atoms with Gasteiger partial charge in [0.1, 0.15) is 5.75 Å². The number of carbonyl (C=O) groups is 1. The first-order valence-corrected chi connectivity index (χ1v) is 13.4. The van der Waals surface area contributed by atoms with E-state index in [1.54, 1.807) is 36.4 Å². The zero-order valence-corrected chi connectivity index (χ0v) is 22.6. The van der Waals surface area contributed by atoms with Crippen molar-refractivity contribution in [3.8, 4) is 5.75 Å². The second-order valence-corrected chi connectivity index (χ2v) is 9.57. The number of nitrogens with zero attached hydrogens (tertiary/aromatic N) is 4. The lowest BCUT2D eigenvalue weighted by Gasteiger charge is -2.05. The van der Waals surface area contributed by atoms with E-state index in [1.165, 1.54) is 18.4 Å². The lowest BCUT2D eigenvalue weighted by Crippen LogP contribution is -2.08. The van der Waals surface area contributed by atoms with E-state index in [0.717, 1.165) is 39.8 Å². The van der Waals surface area contributed by atoms with Crippen molar-refractivity contribution in [2.24, 2.45) is 20.5 Å². The third-order valence-electron chi connectivity index (χ3n) is 6.51. The Balaban J connectivity index is 1.29. The second-order valence-electron chi connectivity index (χ2n) is 9.57. The molecule has 0 aliphatic heterocycles. The van der Waals surface area contributed by atoms with Crippen molar-refractivity contribution in [1.82, 2.24) is 0 Å². The fraction of sp³-hybridized carbons (Fsp3) is 0.147. The van der Waals surface area contributed by atoms with Gasteiger partial charge in [-0.05, 0) is 86.0 Å². The van der Waals surface area contributed by atoms with Gasteiger partial charge in [-0.15, -0.1) is 10.2 Å². The summed E-state index contributed by atoms with van der Waals surface area (Å²) in [6.45, 7) is 4.17. The molecule has 6 heteroatoms. The van der Waals surface area contributed by atoms with E-state index in [4.69, 9.17) is 4.74 Å². The Morgan fingerprint density at radius 1 is 0.650 bits per heavy atom. The van der Waals surface area contributed by atoms with Gasteiger partial charge in [-0.1, -0.05) is 67.4 Å². The van der Waals surface area contributed by atoms with Gasteiger partial charge in [0.25, 0.3) is 0 Å². The van der Waals surface area contributed by atoms with Crippen molar-refractivity contribution in [2.45, 2.75) is 33.1 Å². The topological polar surface area (TPSA) is 75.7 Å². The van der Waals surface area contributed by atoms with Gasteiger partial charge in [-0.3, -0.25) is 0 Å². The molecule has 0 unspecified atom stereocenters. The molecule has 198 valence electrons. The number of hydrogen-bond donors (Lipinski definition) is 0. The van der Waals surface area contributed by atoms with Crippen LogP contribution in [0.15, 0.2) is 130 Å². The minimum Gasteiger partial charge on any atom is -0.423 e. The Hall–Kier alpha value is -4.97. The maximum atomic E-state index is 12.4. The van der Waals surface area contributed by atoms with Crippen molar-refractivity contribution < 1.29 is 9.53 Å². The molecule has 6 nitrogen and oxygen atoms in total. The predicted molar refractivity (Wildman–Crippen MR) is 160 cm³/mol. The smallest absolute Gasteiger partial charge is 0.343 e. The monoisotopic (exact) mass is 526 g/mol. The van der Waals surface area contributed by atoms with Crippen LogP contribution >= 0.6 is 0 Å². The Morgan fingerprint density at radius 2 is 1.20 bits per heavy atom. The molecule has 0 spiro atoms. The highest BCUT2D eigenvalue weighted by molar-refractivity contribution is 5.99. The quantitative estimate of drug-likeness (QED) is 0.109. The van der Waals surface area contributed by atoms with Gasteiger partial charge >= 0.3 is 5.97 Å². The van der Waals surface area contributed by atoms with Crippen molar-refractivity contribution in [1.29, 1.82) is 0 Å². The zero-order chi connectivity index (χ0) is 27.7. The minimum atomic E-state index is -0.401. The molecule has 0 heterocycles. The lowest BCUT2D eigenvalue weighted by atomic mass is 10.1. The van der Waals surface area contributed by atoms with Gasteiger partial charge in [-0.25, -0.2) is 4.79 Å². The predicted octanol–water partition coefficient (Wildman–Crippen LogP) is 10.5. The van der Waals surface area contributed by atoms with Gasteiger partial charge in [-0.2, -0.15) is 10.2 Å². The van der Waals surface area contributed by atoms with Gasteiger partial charge < -0.3 is 4.74 Å². The first kappa shape index (κ1) is 26.6. The van der Waals surface area contributed by atoms with Crippen LogP contribution in [0.5, 0.6) is 5.75 Å². The van der Waals surface area contributed by atoms with Crippen LogP contribution in [0.4, 0.5) is 22.7 Å². The molecule has 0 aliphatic rings. The molecular formula is C34H30N4O2. The fourth-order valence-corrected chi connectivity index (χ4v) is 4.21. The summed E-state index contributed by atoms with van der Waals surface area (Å²) in [5.41, 5.74) is 5.87. The number of azo groups is 2. The van der Waals surface area contributed by atoms with Crippen LogP contribution in [-0.2, 0) is 6.42 Å². The van der Waals surface area contributed by atoms with Crippen LogP contribution in [0.2, 0.25) is 0 Å². The molecule has 0 radical (unpaired) electrons. The molecule has 0 N–H and O–H groups in total. The summed E-state index contributed by atoms with van der Waals surface area (Å²) in [6, 6.07) is 34.2. The average molecular weight is 527 g/mol. The maximum Gasteiger partial charge on any atom is 0.343 e. The number of unbranched alkanes of at least 4 members (excludes halogenated alkanes) is 1. The number of benzene rings is 5. The van der Waals surface area contributed by atoms with Crippen molar-refractivity contribution >= 4 is 39.5 Å². The summed E-state index contributed by atoms with van der Waals surface area (Å²) in [5, 5.41) is 19.7. The molecule has 0 fully saturated rings. The molecule has 0 aliphatic carbocycles. The Kier molecular flexibility index (Phi) is 8.47. The molecule has 40 heavy (non-hydrogen) atoms. The minimum absolute atomic E-state index is 0.401. The summed E-state index contributed by atoms with van der Waals surface area (Å²) in [4.78, 5) is 12.4. The van der Waals surface area contributed by atoms with Crippen molar-refractivity contribution in [3.05, 3.63) is 126 Å². The van der Waals surface area contributed by atoms with E-state index in [1.807, 2.05) is 67.6 Å². The van der Waals surface area contributed by atoms with Gasteiger partial charge in [0, 0.05) is 10.8 Å². The maximum absolute atomic E-state index is 12.4. The Labute approximate surface area is 234 Å². The molecule has 0 bridgehead atoms. The fourth-order valence-electron chi connectivity index (χ4n) is 4.21. The van der Waals surface area contributed by atoms with E-state index in [9.17, 15) is 4.79 Å². The summed E-state index contributed by atoms with van der Waals surface area (Å²) >= 11 is 0. The molecule has 0 amide bonds. The summed E-state index contributed by atoms with van der Waals surface area (Å²) in [5.74, 6) is 0.0439. The number of aryl methyl sites for hydroxylation is 2. The standard InChI is InChI=1S/C34H30N4O2/c1-3-4-7-25-12-16-27(17-13-25)35-37-32-22-23-33(31-9-6-5-8-30(31)32)38-36-28-18-20-29(21-19-28)40-34(39)26-14-10-24(2)11-15-26/h5-6,8-23H,3-4,7H2,1-2H3. The van der Waals surface area contributed by atoms with Crippen LogP contribution in [0.3, 0.4) is 0 Å². The number of carbonyl (C=O) groups excluding carboxylic acids is 1. The summed E-state index contributed by atoms with van der Waals surface area (Å²) in [7, 11) is 0. The van der Waals surface area contributed by atoms with Gasteiger partial charge in [0.15, 0.2) is 0 Å². The third-order valence-corrected chi connectivity index (χ3v) is 6.51. The second kappa shape index (κ2) is 12.7. The molecular weight excluding hydrogens is 496 g/mol. The van der Waals surface area contributed by atoms with E-state index >= 15 is 0 Å². The molecule has 0 saturated carbocycles. The largest absolute Gasteiger partial charge is 0.423 e. The number of rotatable bonds is 9. The first-order chi connectivity index (χ1) is 19.6. The number of fused-ring (bicyclic) bond motifs is 1. The van der Waals surface area contributed by atoms with E-state index in [2.05, 4.69) is 39.5 Å². The SMILES string of the molecule is CCCCc1ccc(N=Nc2ccc(N=Nc3ccc(OC(=O)c4ccc(C)cc4)cc3)c3ccccc23)cc1.